The van der Waals surface area contributed by atoms with Gasteiger partial charge in [0.15, 0.2) is 0 Å². The van der Waals surface area contributed by atoms with Crippen LogP contribution in [0.15, 0.2) is 18.2 Å². The maximum Gasteiger partial charge on any atom is 0.411 e. The largest absolute Gasteiger partial charge is 0.453 e. The SMILES string of the molecule is COC(=O)Nc1ccc2c(c1)NCCC2. The van der Waals surface area contributed by atoms with Crippen molar-refractivity contribution in [2.24, 2.45) is 0 Å². The highest BCUT2D eigenvalue weighted by atomic mass is 16.5. The highest BCUT2D eigenvalue weighted by Gasteiger charge is 2.09. The van der Waals surface area contributed by atoms with Crippen LogP contribution in [0.1, 0.15) is 12.0 Å². The Morgan fingerprint density at radius 1 is 1.53 bits per heavy atom. The number of anilines is 2. The van der Waals surface area contributed by atoms with E-state index in [1.165, 1.54) is 12.7 Å². The zero-order valence-electron chi connectivity index (χ0n) is 8.67. The summed E-state index contributed by atoms with van der Waals surface area (Å²) in [6.45, 7) is 0.995. The summed E-state index contributed by atoms with van der Waals surface area (Å²) >= 11 is 0. The Kier molecular flexibility index (Phi) is 2.76. The number of amides is 1. The summed E-state index contributed by atoms with van der Waals surface area (Å²) in [5, 5.41) is 5.94. The first-order valence-electron chi connectivity index (χ1n) is 5.01. The van der Waals surface area contributed by atoms with Gasteiger partial charge in [0.25, 0.3) is 0 Å². The quantitative estimate of drug-likeness (QED) is 0.740. The summed E-state index contributed by atoms with van der Waals surface area (Å²) in [4.78, 5) is 11.0. The summed E-state index contributed by atoms with van der Waals surface area (Å²) < 4.78 is 4.53. The highest BCUT2D eigenvalue weighted by Crippen LogP contribution is 2.25. The molecule has 4 nitrogen and oxygen atoms in total. The lowest BCUT2D eigenvalue weighted by Crippen LogP contribution is -2.14. The van der Waals surface area contributed by atoms with Crippen LogP contribution in [0.5, 0.6) is 0 Å². The van der Waals surface area contributed by atoms with E-state index in [1.807, 2.05) is 18.2 Å². The van der Waals surface area contributed by atoms with Crippen molar-refractivity contribution in [3.05, 3.63) is 23.8 Å². The monoisotopic (exact) mass is 206 g/mol. The number of fused-ring (bicyclic) bond motifs is 1. The van der Waals surface area contributed by atoms with E-state index in [2.05, 4.69) is 15.4 Å². The molecule has 4 heteroatoms. The van der Waals surface area contributed by atoms with Crippen LogP contribution in [0.3, 0.4) is 0 Å². The second-order valence-electron chi connectivity index (χ2n) is 3.52. The van der Waals surface area contributed by atoms with Crippen LogP contribution in [-0.4, -0.2) is 19.7 Å². The molecule has 0 spiro atoms. The topological polar surface area (TPSA) is 50.4 Å². The molecule has 0 saturated carbocycles. The molecule has 1 aliphatic rings. The van der Waals surface area contributed by atoms with Crippen molar-refractivity contribution in [1.82, 2.24) is 0 Å². The molecule has 1 amide bonds. The predicted octanol–water partition coefficient (Wildman–Crippen LogP) is 2.22. The van der Waals surface area contributed by atoms with Crippen LogP contribution in [0.2, 0.25) is 0 Å². The number of carbonyl (C=O) groups excluding carboxylic acids is 1. The first-order valence-corrected chi connectivity index (χ1v) is 5.01. The lowest BCUT2D eigenvalue weighted by molar-refractivity contribution is 0.187. The van der Waals surface area contributed by atoms with Crippen molar-refractivity contribution in [2.45, 2.75) is 12.8 Å². The molecule has 2 N–H and O–H groups in total. The van der Waals surface area contributed by atoms with Crippen LogP contribution in [-0.2, 0) is 11.2 Å². The lowest BCUT2D eigenvalue weighted by Gasteiger charge is -2.18. The molecule has 80 valence electrons. The first-order chi connectivity index (χ1) is 7.29. The fourth-order valence-electron chi connectivity index (χ4n) is 1.71. The van der Waals surface area contributed by atoms with Crippen LogP contribution in [0, 0.1) is 0 Å². The van der Waals surface area contributed by atoms with Gasteiger partial charge in [-0.1, -0.05) is 6.07 Å². The Bertz CT molecular complexity index is 377. The van der Waals surface area contributed by atoms with E-state index >= 15 is 0 Å². The van der Waals surface area contributed by atoms with Gasteiger partial charge in [0, 0.05) is 17.9 Å². The maximum atomic E-state index is 11.0. The zero-order valence-corrected chi connectivity index (χ0v) is 8.67. The van der Waals surface area contributed by atoms with Crippen molar-refractivity contribution in [3.63, 3.8) is 0 Å². The molecule has 0 aromatic heterocycles. The van der Waals surface area contributed by atoms with Crippen LogP contribution in [0.25, 0.3) is 0 Å². The molecule has 0 unspecified atom stereocenters. The number of aryl methyl sites for hydroxylation is 1. The molecule has 0 atom stereocenters. The Balaban J connectivity index is 2.17. The van der Waals surface area contributed by atoms with E-state index in [9.17, 15) is 4.79 Å². The second kappa shape index (κ2) is 4.21. The molecule has 0 bridgehead atoms. The highest BCUT2D eigenvalue weighted by molar-refractivity contribution is 5.85. The molecule has 1 aromatic carbocycles. The van der Waals surface area contributed by atoms with Gasteiger partial charge in [0.1, 0.15) is 0 Å². The Morgan fingerprint density at radius 2 is 2.40 bits per heavy atom. The Hall–Kier alpha value is -1.71. The third-order valence-corrected chi connectivity index (χ3v) is 2.48. The summed E-state index contributed by atoms with van der Waals surface area (Å²) in [5.74, 6) is 0. The number of benzene rings is 1. The number of carbonyl (C=O) groups is 1. The molecule has 15 heavy (non-hydrogen) atoms. The molecule has 1 aliphatic heterocycles. The van der Waals surface area contributed by atoms with Crippen LogP contribution in [0.4, 0.5) is 16.2 Å². The van der Waals surface area contributed by atoms with Crippen molar-refractivity contribution in [3.8, 4) is 0 Å². The summed E-state index contributed by atoms with van der Waals surface area (Å²) in [6, 6.07) is 5.86. The normalized spacial score (nSPS) is 13.7. The van der Waals surface area contributed by atoms with Crippen molar-refractivity contribution < 1.29 is 9.53 Å². The number of nitrogens with one attached hydrogen (secondary N) is 2. The molecule has 1 aromatic rings. The zero-order chi connectivity index (χ0) is 10.7. The average molecular weight is 206 g/mol. The fraction of sp³-hybridized carbons (Fsp3) is 0.364. The third-order valence-electron chi connectivity index (χ3n) is 2.48. The minimum Gasteiger partial charge on any atom is -0.453 e. The van der Waals surface area contributed by atoms with E-state index in [-0.39, 0.29) is 0 Å². The van der Waals surface area contributed by atoms with E-state index < -0.39 is 6.09 Å². The summed E-state index contributed by atoms with van der Waals surface area (Å²) in [6.07, 6.45) is 1.82. The number of hydrogen-bond acceptors (Lipinski definition) is 3. The van der Waals surface area contributed by atoms with Gasteiger partial charge in [-0.15, -0.1) is 0 Å². The van der Waals surface area contributed by atoms with E-state index in [1.54, 1.807) is 0 Å². The van der Waals surface area contributed by atoms with Gasteiger partial charge in [0.05, 0.1) is 7.11 Å². The van der Waals surface area contributed by atoms with Gasteiger partial charge < -0.3 is 10.1 Å². The summed E-state index contributed by atoms with van der Waals surface area (Å²) in [7, 11) is 1.35. The molecular formula is C11H14N2O2. The summed E-state index contributed by atoms with van der Waals surface area (Å²) in [5.41, 5.74) is 3.17. The van der Waals surface area contributed by atoms with Gasteiger partial charge in [-0.2, -0.15) is 0 Å². The molecule has 0 fully saturated rings. The molecule has 0 radical (unpaired) electrons. The predicted molar refractivity (Wildman–Crippen MR) is 59.3 cm³/mol. The Morgan fingerprint density at radius 3 is 3.20 bits per heavy atom. The number of ether oxygens (including phenoxy) is 1. The molecule has 2 rings (SSSR count). The maximum absolute atomic E-state index is 11.0. The Labute approximate surface area is 88.6 Å². The fourth-order valence-corrected chi connectivity index (χ4v) is 1.71. The van der Waals surface area contributed by atoms with Gasteiger partial charge in [-0.3, -0.25) is 5.32 Å². The van der Waals surface area contributed by atoms with E-state index in [4.69, 9.17) is 0 Å². The van der Waals surface area contributed by atoms with E-state index in [0.29, 0.717) is 0 Å². The molecular weight excluding hydrogens is 192 g/mol. The van der Waals surface area contributed by atoms with Crippen LogP contribution >= 0.6 is 0 Å². The van der Waals surface area contributed by atoms with Crippen molar-refractivity contribution >= 4 is 17.5 Å². The van der Waals surface area contributed by atoms with Crippen molar-refractivity contribution in [1.29, 1.82) is 0 Å². The minimum absolute atomic E-state index is 0.439. The first kappa shape index (κ1) is 9.83. The van der Waals surface area contributed by atoms with Gasteiger partial charge in [-0.25, -0.2) is 4.79 Å². The molecule has 0 saturated heterocycles. The minimum atomic E-state index is -0.439. The third kappa shape index (κ3) is 2.21. The smallest absolute Gasteiger partial charge is 0.411 e. The van der Waals surface area contributed by atoms with Gasteiger partial charge in [0.2, 0.25) is 0 Å². The average Bonchev–Trinajstić information content (AvgIpc) is 2.29. The lowest BCUT2D eigenvalue weighted by atomic mass is 10.0. The van der Waals surface area contributed by atoms with Gasteiger partial charge in [-0.05, 0) is 30.5 Å². The number of rotatable bonds is 1. The van der Waals surface area contributed by atoms with Crippen molar-refractivity contribution in [2.75, 3.05) is 24.3 Å². The number of hydrogen-bond donors (Lipinski definition) is 2. The standard InChI is InChI=1S/C11H14N2O2/c1-15-11(14)13-9-5-4-8-3-2-6-12-10(8)7-9/h4-5,7,12H,2-3,6H2,1H3,(H,13,14). The van der Waals surface area contributed by atoms with E-state index in [0.717, 1.165) is 30.8 Å². The molecule has 1 heterocycles. The van der Waals surface area contributed by atoms with Gasteiger partial charge >= 0.3 is 6.09 Å². The second-order valence-corrected chi connectivity index (χ2v) is 3.52. The molecule has 0 aliphatic carbocycles. The number of methoxy groups -OCH3 is 1. The van der Waals surface area contributed by atoms with Crippen LogP contribution < -0.4 is 10.6 Å².